The number of pyridine rings is 1. The Kier molecular flexibility index (Phi) is 4.30. The first kappa shape index (κ1) is 16.6. The summed E-state index contributed by atoms with van der Waals surface area (Å²) in [5, 5.41) is 2.11. The fourth-order valence-corrected chi connectivity index (χ4v) is 4.30. The van der Waals surface area contributed by atoms with Crippen LogP contribution in [0.15, 0.2) is 42.6 Å². The van der Waals surface area contributed by atoms with Crippen molar-refractivity contribution in [1.29, 1.82) is 0 Å². The lowest BCUT2D eigenvalue weighted by molar-refractivity contribution is 0.177. The molecule has 3 aromatic rings. The van der Waals surface area contributed by atoms with Crippen LogP contribution in [0.3, 0.4) is 0 Å². The summed E-state index contributed by atoms with van der Waals surface area (Å²) in [5.41, 5.74) is 5.34. The van der Waals surface area contributed by atoms with Crippen LogP contribution in [-0.4, -0.2) is 27.5 Å². The molecule has 0 spiro atoms. The molecule has 0 N–H and O–H groups in total. The highest BCUT2D eigenvalue weighted by atomic mass is 35.5. The fraction of sp³-hybridized carbons (Fsp3) is 0.381. The minimum Gasteiger partial charge on any atom is -0.344 e. The zero-order valence-corrected chi connectivity index (χ0v) is 15.8. The number of aryl methyl sites for hydroxylation is 2. The lowest BCUT2D eigenvalue weighted by Crippen LogP contribution is -2.38. The minimum absolute atomic E-state index is 0.399. The van der Waals surface area contributed by atoms with Crippen LogP contribution in [0.2, 0.25) is 5.02 Å². The molecule has 2 atom stereocenters. The van der Waals surface area contributed by atoms with Gasteiger partial charge >= 0.3 is 0 Å². The SMILES string of the molecule is CC1Cc2c(c3cc(Cl)ccc3n2CCc2ccccn2)C(C)N1C. The Morgan fingerprint density at radius 3 is 2.80 bits per heavy atom. The van der Waals surface area contributed by atoms with Crippen LogP contribution < -0.4 is 0 Å². The molecule has 0 bridgehead atoms. The highest BCUT2D eigenvalue weighted by molar-refractivity contribution is 6.31. The lowest BCUT2D eigenvalue weighted by atomic mass is 9.93. The smallest absolute Gasteiger partial charge is 0.0487 e. The quantitative estimate of drug-likeness (QED) is 0.669. The third-order valence-corrected chi connectivity index (χ3v) is 5.94. The van der Waals surface area contributed by atoms with Gasteiger partial charge in [-0.2, -0.15) is 0 Å². The number of hydrogen-bond donors (Lipinski definition) is 0. The number of halogens is 1. The van der Waals surface area contributed by atoms with E-state index in [2.05, 4.69) is 59.6 Å². The minimum atomic E-state index is 0.399. The molecule has 1 aliphatic rings. The normalized spacial score (nSPS) is 20.8. The van der Waals surface area contributed by atoms with Crippen LogP contribution in [0.1, 0.15) is 36.8 Å². The van der Waals surface area contributed by atoms with Crippen LogP contribution >= 0.6 is 11.6 Å². The number of nitrogens with zero attached hydrogens (tertiary/aromatic N) is 3. The van der Waals surface area contributed by atoms with E-state index in [1.807, 2.05) is 18.3 Å². The molecule has 0 amide bonds. The van der Waals surface area contributed by atoms with Gasteiger partial charge in [0.15, 0.2) is 0 Å². The van der Waals surface area contributed by atoms with Crippen molar-refractivity contribution < 1.29 is 0 Å². The molecule has 2 unspecified atom stereocenters. The Morgan fingerprint density at radius 1 is 1.20 bits per heavy atom. The van der Waals surface area contributed by atoms with E-state index in [4.69, 9.17) is 11.6 Å². The molecule has 4 heteroatoms. The van der Waals surface area contributed by atoms with Crippen molar-refractivity contribution in [2.75, 3.05) is 7.05 Å². The average molecular weight is 354 g/mol. The first-order valence-corrected chi connectivity index (χ1v) is 9.36. The molecule has 0 aliphatic carbocycles. The van der Waals surface area contributed by atoms with Gasteiger partial charge in [-0.15, -0.1) is 0 Å². The van der Waals surface area contributed by atoms with Crippen LogP contribution in [0.25, 0.3) is 10.9 Å². The molecule has 4 rings (SSSR count). The number of rotatable bonds is 3. The Bertz CT molecular complexity index is 900. The van der Waals surface area contributed by atoms with Gasteiger partial charge in [-0.3, -0.25) is 9.88 Å². The molecule has 1 aliphatic heterocycles. The van der Waals surface area contributed by atoms with Gasteiger partial charge < -0.3 is 4.57 Å². The molecule has 2 aromatic heterocycles. The first-order chi connectivity index (χ1) is 12.1. The highest BCUT2D eigenvalue weighted by Crippen LogP contribution is 2.39. The molecule has 3 nitrogen and oxygen atoms in total. The second-order valence-electron chi connectivity index (χ2n) is 7.14. The molecule has 130 valence electrons. The predicted molar refractivity (Wildman–Crippen MR) is 104 cm³/mol. The van der Waals surface area contributed by atoms with Crippen molar-refractivity contribution in [3.8, 4) is 0 Å². The molecular weight excluding hydrogens is 330 g/mol. The third-order valence-electron chi connectivity index (χ3n) is 5.71. The Hall–Kier alpha value is -1.84. The van der Waals surface area contributed by atoms with Gasteiger partial charge in [-0.1, -0.05) is 17.7 Å². The maximum absolute atomic E-state index is 6.32. The summed E-state index contributed by atoms with van der Waals surface area (Å²) in [5.74, 6) is 0. The van der Waals surface area contributed by atoms with Crippen LogP contribution in [-0.2, 0) is 19.4 Å². The largest absolute Gasteiger partial charge is 0.344 e. The first-order valence-electron chi connectivity index (χ1n) is 8.98. The van der Waals surface area contributed by atoms with Crippen molar-refractivity contribution in [3.63, 3.8) is 0 Å². The molecule has 25 heavy (non-hydrogen) atoms. The summed E-state index contributed by atoms with van der Waals surface area (Å²) in [6.07, 6.45) is 3.89. The summed E-state index contributed by atoms with van der Waals surface area (Å²) in [6, 6.07) is 13.4. The van der Waals surface area contributed by atoms with Crippen molar-refractivity contribution in [3.05, 3.63) is 64.6 Å². The maximum Gasteiger partial charge on any atom is 0.0487 e. The van der Waals surface area contributed by atoms with E-state index >= 15 is 0 Å². The van der Waals surface area contributed by atoms with Crippen LogP contribution in [0, 0.1) is 0 Å². The van der Waals surface area contributed by atoms with E-state index in [9.17, 15) is 0 Å². The standard InChI is InChI=1S/C21H24ClN3/c1-14-12-20-21(15(2)24(14)3)18-13-16(22)7-8-19(18)25(20)11-9-17-6-4-5-10-23-17/h4-8,10,13-15H,9,11-12H2,1-3H3. The second kappa shape index (κ2) is 6.47. The van der Waals surface area contributed by atoms with Gasteiger partial charge in [0.25, 0.3) is 0 Å². The van der Waals surface area contributed by atoms with Gasteiger partial charge in [0.1, 0.15) is 0 Å². The Balaban J connectivity index is 1.82. The van der Waals surface area contributed by atoms with E-state index < -0.39 is 0 Å². The number of benzene rings is 1. The summed E-state index contributed by atoms with van der Waals surface area (Å²) in [6.45, 7) is 5.57. The maximum atomic E-state index is 6.32. The summed E-state index contributed by atoms with van der Waals surface area (Å²) in [4.78, 5) is 6.95. The zero-order chi connectivity index (χ0) is 17.6. The topological polar surface area (TPSA) is 21.1 Å². The molecule has 1 aromatic carbocycles. The Labute approximate surface area is 154 Å². The van der Waals surface area contributed by atoms with E-state index in [0.29, 0.717) is 12.1 Å². The van der Waals surface area contributed by atoms with Crippen molar-refractivity contribution in [2.24, 2.45) is 0 Å². The second-order valence-corrected chi connectivity index (χ2v) is 7.58. The van der Waals surface area contributed by atoms with Gasteiger partial charge in [0.05, 0.1) is 0 Å². The zero-order valence-electron chi connectivity index (χ0n) is 15.0. The third kappa shape index (κ3) is 2.86. The van der Waals surface area contributed by atoms with Gasteiger partial charge in [-0.05, 0) is 56.8 Å². The lowest BCUT2D eigenvalue weighted by Gasteiger charge is -2.36. The number of likely N-dealkylation sites (N-methyl/N-ethyl adjacent to an activating group) is 1. The molecule has 0 fully saturated rings. The molecule has 0 saturated heterocycles. The van der Waals surface area contributed by atoms with E-state index in [0.717, 1.165) is 30.1 Å². The fourth-order valence-electron chi connectivity index (χ4n) is 4.13. The van der Waals surface area contributed by atoms with E-state index in [1.54, 1.807) is 0 Å². The summed E-state index contributed by atoms with van der Waals surface area (Å²) < 4.78 is 2.50. The summed E-state index contributed by atoms with van der Waals surface area (Å²) >= 11 is 6.32. The van der Waals surface area contributed by atoms with Gasteiger partial charge in [0.2, 0.25) is 0 Å². The molecule has 0 saturated carbocycles. The molecule has 3 heterocycles. The van der Waals surface area contributed by atoms with Gasteiger partial charge in [-0.25, -0.2) is 0 Å². The van der Waals surface area contributed by atoms with Crippen molar-refractivity contribution in [1.82, 2.24) is 14.5 Å². The monoisotopic (exact) mass is 353 g/mol. The van der Waals surface area contributed by atoms with Crippen LogP contribution in [0.4, 0.5) is 0 Å². The summed E-state index contributed by atoms with van der Waals surface area (Å²) in [7, 11) is 2.22. The molecule has 0 radical (unpaired) electrons. The van der Waals surface area contributed by atoms with Crippen LogP contribution in [0.5, 0.6) is 0 Å². The number of hydrogen-bond acceptors (Lipinski definition) is 2. The number of fused-ring (bicyclic) bond motifs is 3. The van der Waals surface area contributed by atoms with E-state index in [-0.39, 0.29) is 0 Å². The number of aromatic nitrogens is 2. The predicted octanol–water partition coefficient (Wildman–Crippen LogP) is 4.87. The van der Waals surface area contributed by atoms with E-state index in [1.165, 1.54) is 22.2 Å². The van der Waals surface area contributed by atoms with Crippen molar-refractivity contribution >= 4 is 22.5 Å². The van der Waals surface area contributed by atoms with Crippen molar-refractivity contribution in [2.45, 2.75) is 45.3 Å². The Morgan fingerprint density at radius 2 is 2.04 bits per heavy atom. The average Bonchev–Trinajstić information content (AvgIpc) is 2.91. The highest BCUT2D eigenvalue weighted by Gasteiger charge is 2.31. The molecular formula is C21H24ClN3. The van der Waals surface area contributed by atoms with Gasteiger partial charge in [0, 0.05) is 65.0 Å².